The standard InChI is InChI=1S/C11H15N5O.CH2O2/c1-6-4-13-10(14-6)7(2)15-11(17)9-5-12-8(3)16-9;2-1-3/h4-5,7H,1-3H3,(H,12,16)(H,13,14)(H,15,17);1H,(H,2,3). The second-order valence-electron chi connectivity index (χ2n) is 4.13. The van der Waals surface area contributed by atoms with Crippen LogP contribution in [-0.4, -0.2) is 37.4 Å². The molecule has 0 aromatic carbocycles. The average molecular weight is 279 g/mol. The van der Waals surface area contributed by atoms with E-state index in [-0.39, 0.29) is 18.4 Å². The van der Waals surface area contributed by atoms with Gasteiger partial charge in [0.05, 0.1) is 12.2 Å². The van der Waals surface area contributed by atoms with Crippen LogP contribution in [0.2, 0.25) is 0 Å². The zero-order valence-electron chi connectivity index (χ0n) is 11.5. The van der Waals surface area contributed by atoms with Crippen LogP contribution in [-0.2, 0) is 4.79 Å². The van der Waals surface area contributed by atoms with Gasteiger partial charge in [-0.2, -0.15) is 0 Å². The van der Waals surface area contributed by atoms with Crippen LogP contribution in [0.1, 0.15) is 40.8 Å². The van der Waals surface area contributed by atoms with Gasteiger partial charge in [0, 0.05) is 11.9 Å². The van der Waals surface area contributed by atoms with Crippen molar-refractivity contribution < 1.29 is 14.7 Å². The van der Waals surface area contributed by atoms with E-state index in [9.17, 15) is 4.79 Å². The Labute approximate surface area is 115 Å². The molecular formula is C12H17N5O3. The summed E-state index contributed by atoms with van der Waals surface area (Å²) in [4.78, 5) is 34.3. The lowest BCUT2D eigenvalue weighted by molar-refractivity contribution is -0.122. The first-order valence-electron chi connectivity index (χ1n) is 5.89. The molecule has 8 heteroatoms. The first-order valence-corrected chi connectivity index (χ1v) is 5.89. The van der Waals surface area contributed by atoms with E-state index in [0.717, 1.165) is 17.3 Å². The number of aromatic nitrogens is 4. The van der Waals surface area contributed by atoms with E-state index < -0.39 is 0 Å². The number of carboxylic acid groups (broad SMARTS) is 1. The largest absolute Gasteiger partial charge is 0.483 e. The second-order valence-corrected chi connectivity index (χ2v) is 4.13. The van der Waals surface area contributed by atoms with E-state index in [2.05, 4.69) is 25.3 Å². The number of imidazole rings is 2. The van der Waals surface area contributed by atoms with E-state index in [1.54, 1.807) is 13.1 Å². The molecule has 2 aromatic heterocycles. The highest BCUT2D eigenvalue weighted by Gasteiger charge is 2.14. The highest BCUT2D eigenvalue weighted by Crippen LogP contribution is 2.08. The Kier molecular flexibility index (Phi) is 5.45. The van der Waals surface area contributed by atoms with Gasteiger partial charge in [0.15, 0.2) is 0 Å². The number of aromatic amines is 2. The zero-order valence-corrected chi connectivity index (χ0v) is 11.5. The van der Waals surface area contributed by atoms with Gasteiger partial charge in [0.2, 0.25) is 0 Å². The molecule has 1 atom stereocenters. The van der Waals surface area contributed by atoms with Crippen LogP contribution in [0.15, 0.2) is 12.4 Å². The fourth-order valence-corrected chi connectivity index (χ4v) is 1.53. The lowest BCUT2D eigenvalue weighted by atomic mass is 10.3. The fourth-order valence-electron chi connectivity index (χ4n) is 1.53. The minimum Gasteiger partial charge on any atom is -0.483 e. The van der Waals surface area contributed by atoms with Gasteiger partial charge in [-0.1, -0.05) is 0 Å². The smallest absolute Gasteiger partial charge is 0.290 e. The summed E-state index contributed by atoms with van der Waals surface area (Å²) in [6.07, 6.45) is 3.25. The van der Waals surface area contributed by atoms with Crippen molar-refractivity contribution in [3.8, 4) is 0 Å². The maximum Gasteiger partial charge on any atom is 0.290 e. The minimum absolute atomic E-state index is 0.167. The van der Waals surface area contributed by atoms with Crippen LogP contribution in [0.25, 0.3) is 0 Å². The van der Waals surface area contributed by atoms with Crippen LogP contribution >= 0.6 is 0 Å². The molecule has 8 nitrogen and oxygen atoms in total. The van der Waals surface area contributed by atoms with Gasteiger partial charge in [-0.25, -0.2) is 9.97 Å². The maximum atomic E-state index is 11.8. The Morgan fingerprint density at radius 1 is 1.35 bits per heavy atom. The first-order chi connectivity index (χ1) is 9.47. The second kappa shape index (κ2) is 7.07. The van der Waals surface area contributed by atoms with Gasteiger partial charge in [0.1, 0.15) is 17.3 Å². The molecule has 1 unspecified atom stereocenters. The Balaban J connectivity index is 0.000000612. The molecule has 0 aliphatic carbocycles. The number of aryl methyl sites for hydroxylation is 2. The summed E-state index contributed by atoms with van der Waals surface area (Å²) >= 11 is 0. The molecule has 0 fully saturated rings. The number of nitrogens with zero attached hydrogens (tertiary/aromatic N) is 2. The summed E-state index contributed by atoms with van der Waals surface area (Å²) in [5, 5.41) is 9.72. The molecule has 2 rings (SSSR count). The minimum atomic E-state index is -0.250. The molecule has 1 amide bonds. The number of hydrogen-bond acceptors (Lipinski definition) is 4. The zero-order chi connectivity index (χ0) is 15.1. The highest BCUT2D eigenvalue weighted by atomic mass is 16.3. The molecule has 0 saturated heterocycles. The van der Waals surface area contributed by atoms with Gasteiger partial charge < -0.3 is 20.4 Å². The predicted molar refractivity (Wildman–Crippen MR) is 71.2 cm³/mol. The van der Waals surface area contributed by atoms with E-state index in [1.165, 1.54) is 6.20 Å². The lowest BCUT2D eigenvalue weighted by Gasteiger charge is -2.10. The monoisotopic (exact) mass is 279 g/mol. The predicted octanol–water partition coefficient (Wildman–Crippen LogP) is 0.941. The first kappa shape index (κ1) is 15.4. The summed E-state index contributed by atoms with van der Waals surface area (Å²) < 4.78 is 0. The molecule has 20 heavy (non-hydrogen) atoms. The van der Waals surface area contributed by atoms with Crippen LogP contribution in [0, 0.1) is 13.8 Å². The molecule has 0 aliphatic rings. The van der Waals surface area contributed by atoms with Crippen molar-refractivity contribution in [3.05, 3.63) is 35.4 Å². The van der Waals surface area contributed by atoms with Crippen molar-refractivity contribution in [1.29, 1.82) is 0 Å². The van der Waals surface area contributed by atoms with Crippen molar-refractivity contribution >= 4 is 12.4 Å². The van der Waals surface area contributed by atoms with E-state index >= 15 is 0 Å². The van der Waals surface area contributed by atoms with Crippen LogP contribution in [0.4, 0.5) is 0 Å². The Morgan fingerprint density at radius 3 is 2.45 bits per heavy atom. The number of carbonyl (C=O) groups is 2. The topological polar surface area (TPSA) is 124 Å². The summed E-state index contributed by atoms with van der Waals surface area (Å²) in [7, 11) is 0. The van der Waals surface area contributed by atoms with E-state index in [4.69, 9.17) is 9.90 Å². The summed E-state index contributed by atoms with van der Waals surface area (Å²) in [5.74, 6) is 1.27. The molecule has 0 saturated carbocycles. The Bertz CT molecular complexity index is 575. The molecule has 0 radical (unpaired) electrons. The number of nitrogens with one attached hydrogen (secondary N) is 3. The van der Waals surface area contributed by atoms with Crippen molar-refractivity contribution in [1.82, 2.24) is 25.3 Å². The van der Waals surface area contributed by atoms with Crippen molar-refractivity contribution in [2.24, 2.45) is 0 Å². The lowest BCUT2D eigenvalue weighted by Crippen LogP contribution is -2.27. The average Bonchev–Trinajstić information content (AvgIpc) is 2.99. The van der Waals surface area contributed by atoms with Gasteiger partial charge in [0.25, 0.3) is 12.4 Å². The fraction of sp³-hybridized carbons (Fsp3) is 0.333. The van der Waals surface area contributed by atoms with Gasteiger partial charge in [-0.05, 0) is 20.8 Å². The third-order valence-electron chi connectivity index (χ3n) is 2.43. The third kappa shape index (κ3) is 4.23. The normalized spacial score (nSPS) is 11.2. The van der Waals surface area contributed by atoms with Gasteiger partial charge >= 0.3 is 0 Å². The van der Waals surface area contributed by atoms with Gasteiger partial charge in [-0.15, -0.1) is 0 Å². The SMILES string of the molecule is Cc1cnc(C(C)NC(=O)c2cnc(C)[nH]2)[nH]1.O=CO. The number of H-pyrrole nitrogens is 2. The molecule has 2 heterocycles. The molecule has 0 bridgehead atoms. The molecule has 0 spiro atoms. The van der Waals surface area contributed by atoms with Crippen molar-refractivity contribution in [2.45, 2.75) is 26.8 Å². The third-order valence-corrected chi connectivity index (χ3v) is 2.43. The number of hydrogen-bond donors (Lipinski definition) is 4. The Morgan fingerprint density at radius 2 is 2.00 bits per heavy atom. The molecule has 108 valence electrons. The van der Waals surface area contributed by atoms with Gasteiger partial charge in [-0.3, -0.25) is 9.59 Å². The van der Waals surface area contributed by atoms with Crippen LogP contribution in [0.3, 0.4) is 0 Å². The quantitative estimate of drug-likeness (QED) is 0.622. The summed E-state index contributed by atoms with van der Waals surface area (Å²) in [5.41, 5.74) is 1.43. The number of carbonyl (C=O) groups excluding carboxylic acids is 1. The molecule has 2 aromatic rings. The summed E-state index contributed by atoms with van der Waals surface area (Å²) in [6.45, 7) is 5.35. The molecule has 0 aliphatic heterocycles. The molecular weight excluding hydrogens is 262 g/mol. The highest BCUT2D eigenvalue weighted by molar-refractivity contribution is 5.92. The van der Waals surface area contributed by atoms with Crippen LogP contribution < -0.4 is 5.32 Å². The van der Waals surface area contributed by atoms with E-state index in [1.807, 2.05) is 13.8 Å². The van der Waals surface area contributed by atoms with Crippen LogP contribution in [0.5, 0.6) is 0 Å². The Hall–Kier alpha value is -2.64. The van der Waals surface area contributed by atoms with Crippen molar-refractivity contribution in [2.75, 3.05) is 0 Å². The van der Waals surface area contributed by atoms with Crippen molar-refractivity contribution in [3.63, 3.8) is 0 Å². The maximum absolute atomic E-state index is 11.8. The number of amides is 1. The summed E-state index contributed by atoms with van der Waals surface area (Å²) in [6, 6.07) is -0.167. The number of rotatable bonds is 3. The molecule has 4 N–H and O–H groups in total. The van der Waals surface area contributed by atoms with E-state index in [0.29, 0.717) is 5.69 Å².